The van der Waals surface area contributed by atoms with Gasteiger partial charge in [0.15, 0.2) is 11.6 Å². The van der Waals surface area contributed by atoms with E-state index in [2.05, 4.69) is 15.4 Å². The van der Waals surface area contributed by atoms with Gasteiger partial charge in [0.05, 0.1) is 48.4 Å². The van der Waals surface area contributed by atoms with Crippen LogP contribution in [0.2, 0.25) is 0 Å². The monoisotopic (exact) mass is 571 g/mol. The van der Waals surface area contributed by atoms with Crippen LogP contribution in [0.25, 0.3) is 5.70 Å². The van der Waals surface area contributed by atoms with Gasteiger partial charge in [0.1, 0.15) is 17.7 Å². The van der Waals surface area contributed by atoms with Gasteiger partial charge in [0, 0.05) is 58.2 Å². The van der Waals surface area contributed by atoms with Gasteiger partial charge in [-0.2, -0.15) is 5.10 Å². The number of carbonyl (C=O) groups excluding carboxylic acids is 2. The Hall–Kier alpha value is -4.46. The zero-order valence-corrected chi connectivity index (χ0v) is 22.3. The van der Waals surface area contributed by atoms with Gasteiger partial charge in [-0.15, -0.1) is 0 Å². The molecule has 1 aromatic heterocycles. The Morgan fingerprint density at radius 1 is 1.05 bits per heavy atom. The highest BCUT2D eigenvalue weighted by molar-refractivity contribution is 6.17. The molecule has 216 valence electrons. The topological polar surface area (TPSA) is 123 Å². The fourth-order valence-electron chi connectivity index (χ4n) is 4.85. The molecule has 2 N–H and O–H groups in total. The van der Waals surface area contributed by atoms with E-state index in [9.17, 15) is 22.8 Å². The second kappa shape index (κ2) is 11.6. The molecule has 1 aromatic carbocycles. The van der Waals surface area contributed by atoms with Crippen molar-refractivity contribution in [1.82, 2.24) is 25.1 Å². The number of hydrogen-bond acceptors (Lipinski definition) is 8. The van der Waals surface area contributed by atoms with E-state index >= 15 is 0 Å². The van der Waals surface area contributed by atoms with E-state index in [1.165, 1.54) is 39.2 Å². The van der Waals surface area contributed by atoms with Crippen molar-refractivity contribution in [2.24, 2.45) is 5.10 Å². The van der Waals surface area contributed by atoms with Crippen LogP contribution in [-0.2, 0) is 9.53 Å². The standard InChI is InChI=1S/C27H28F3N7O4/c1-32-25(20(9-31)26(38)35-11-18(12-35)40-2)22-8-24(21(30)10-33-22)41-19-13-36(14-19)27(39)37-23(3-4-34-37)15-5-16(28)7-17(29)6-15/h4-10,18-19,23,31-32H,3,11-14H2,1-2H3/b25-20+,31-9?/t23-/m0/s1. The summed E-state index contributed by atoms with van der Waals surface area (Å²) in [5, 5.41) is 15.9. The van der Waals surface area contributed by atoms with Crippen molar-refractivity contribution in [3.63, 3.8) is 0 Å². The fourth-order valence-corrected chi connectivity index (χ4v) is 4.85. The average Bonchev–Trinajstić information content (AvgIpc) is 3.39. The second-order valence-corrected chi connectivity index (χ2v) is 9.78. The van der Waals surface area contributed by atoms with E-state index in [1.807, 2.05) is 0 Å². The first-order valence-electron chi connectivity index (χ1n) is 12.9. The molecule has 41 heavy (non-hydrogen) atoms. The van der Waals surface area contributed by atoms with Crippen LogP contribution < -0.4 is 10.1 Å². The van der Waals surface area contributed by atoms with Gasteiger partial charge >= 0.3 is 6.03 Å². The van der Waals surface area contributed by atoms with Crippen molar-refractivity contribution < 1.29 is 32.2 Å². The number of aromatic nitrogens is 1. The molecule has 5 rings (SSSR count). The zero-order chi connectivity index (χ0) is 29.3. The number of benzene rings is 1. The zero-order valence-electron chi connectivity index (χ0n) is 22.3. The first-order valence-corrected chi connectivity index (χ1v) is 12.9. The fraction of sp³-hybridized carbons (Fsp3) is 0.370. The quantitative estimate of drug-likeness (QED) is 0.371. The Labute approximate surface area is 233 Å². The van der Waals surface area contributed by atoms with E-state index in [0.29, 0.717) is 19.5 Å². The summed E-state index contributed by atoms with van der Waals surface area (Å²) < 4.78 is 53.1. The van der Waals surface area contributed by atoms with Gasteiger partial charge in [0.25, 0.3) is 5.91 Å². The van der Waals surface area contributed by atoms with Crippen molar-refractivity contribution in [3.8, 4) is 5.75 Å². The lowest BCUT2D eigenvalue weighted by molar-refractivity contribution is -0.138. The average molecular weight is 572 g/mol. The van der Waals surface area contributed by atoms with E-state index < -0.39 is 35.6 Å². The lowest BCUT2D eigenvalue weighted by atomic mass is 10.0. The van der Waals surface area contributed by atoms with Crippen LogP contribution in [0.5, 0.6) is 5.75 Å². The van der Waals surface area contributed by atoms with Crippen molar-refractivity contribution in [1.29, 1.82) is 5.41 Å². The normalized spacial score (nSPS) is 19.4. The van der Waals surface area contributed by atoms with Gasteiger partial charge in [-0.25, -0.2) is 23.0 Å². The van der Waals surface area contributed by atoms with Crippen LogP contribution in [0, 0.1) is 22.9 Å². The molecule has 2 fully saturated rings. The Balaban J connectivity index is 1.25. The van der Waals surface area contributed by atoms with Crippen molar-refractivity contribution in [2.45, 2.75) is 24.7 Å². The second-order valence-electron chi connectivity index (χ2n) is 9.78. The minimum atomic E-state index is -0.746. The van der Waals surface area contributed by atoms with Crippen LogP contribution in [0.4, 0.5) is 18.0 Å². The highest BCUT2D eigenvalue weighted by Crippen LogP contribution is 2.32. The summed E-state index contributed by atoms with van der Waals surface area (Å²) in [6.45, 7) is 1.05. The van der Waals surface area contributed by atoms with Crippen molar-refractivity contribution >= 4 is 30.1 Å². The number of rotatable bonds is 8. The largest absolute Gasteiger partial charge is 0.483 e. The predicted octanol–water partition coefficient (Wildman–Crippen LogP) is 2.55. The number of ether oxygens (including phenoxy) is 2. The lowest BCUT2D eigenvalue weighted by Crippen LogP contribution is -2.58. The molecule has 3 amide bonds. The molecule has 3 aliphatic rings. The van der Waals surface area contributed by atoms with Crippen molar-refractivity contribution in [2.75, 3.05) is 40.3 Å². The van der Waals surface area contributed by atoms with Crippen LogP contribution in [-0.4, -0.2) is 96.7 Å². The Bertz CT molecular complexity index is 1400. The molecule has 2 saturated heterocycles. The van der Waals surface area contributed by atoms with Crippen LogP contribution in [0.3, 0.4) is 0 Å². The van der Waals surface area contributed by atoms with E-state index in [1.54, 1.807) is 14.2 Å². The number of pyridine rings is 1. The highest BCUT2D eigenvalue weighted by atomic mass is 19.1. The number of amides is 3. The summed E-state index contributed by atoms with van der Waals surface area (Å²) in [6, 6.07) is 3.30. The molecule has 0 saturated carbocycles. The number of urea groups is 1. The first kappa shape index (κ1) is 28.1. The van der Waals surface area contributed by atoms with E-state index in [-0.39, 0.29) is 53.4 Å². The number of halogens is 3. The molecule has 0 spiro atoms. The maximum absolute atomic E-state index is 14.7. The van der Waals surface area contributed by atoms with E-state index in [4.69, 9.17) is 14.9 Å². The molecule has 4 heterocycles. The Morgan fingerprint density at radius 3 is 2.37 bits per heavy atom. The number of likely N-dealkylation sites (tertiary alicyclic amines) is 2. The van der Waals surface area contributed by atoms with Crippen LogP contribution in [0.15, 0.2) is 41.1 Å². The van der Waals surface area contributed by atoms with Gasteiger partial charge in [-0.1, -0.05) is 0 Å². The predicted molar refractivity (Wildman–Crippen MR) is 142 cm³/mol. The summed E-state index contributed by atoms with van der Waals surface area (Å²) in [4.78, 5) is 33.0. The molecule has 0 aliphatic carbocycles. The third-order valence-corrected chi connectivity index (χ3v) is 7.15. The Kier molecular flexibility index (Phi) is 7.92. The van der Waals surface area contributed by atoms with Gasteiger partial charge in [-0.3, -0.25) is 9.78 Å². The maximum Gasteiger partial charge on any atom is 0.341 e. The number of methoxy groups -OCH3 is 1. The first-order chi connectivity index (χ1) is 19.7. The maximum atomic E-state index is 14.7. The number of nitrogens with one attached hydrogen (secondary N) is 2. The molecule has 3 aliphatic heterocycles. The summed E-state index contributed by atoms with van der Waals surface area (Å²) in [5.74, 6) is -2.75. The van der Waals surface area contributed by atoms with E-state index in [0.717, 1.165) is 18.5 Å². The smallest absolute Gasteiger partial charge is 0.341 e. The van der Waals surface area contributed by atoms with Gasteiger partial charge < -0.3 is 30.0 Å². The minimum absolute atomic E-state index is 0.0476. The summed E-state index contributed by atoms with van der Waals surface area (Å²) in [5.41, 5.74) is 0.763. The molecule has 14 heteroatoms. The number of carbonyl (C=O) groups is 2. The molecule has 0 unspecified atom stereocenters. The van der Waals surface area contributed by atoms with Crippen LogP contribution in [0.1, 0.15) is 23.7 Å². The minimum Gasteiger partial charge on any atom is -0.483 e. The molecule has 2 aromatic rings. The highest BCUT2D eigenvalue weighted by Gasteiger charge is 2.39. The molecule has 0 radical (unpaired) electrons. The van der Waals surface area contributed by atoms with Gasteiger partial charge in [-0.05, 0) is 17.7 Å². The number of nitrogens with zero attached hydrogens (tertiary/aromatic N) is 5. The number of hydrogen-bond donors (Lipinski definition) is 2. The summed E-state index contributed by atoms with van der Waals surface area (Å²) in [6.07, 6.45) is 3.08. The molecule has 0 bridgehead atoms. The van der Waals surface area contributed by atoms with Gasteiger partial charge in [0.2, 0.25) is 0 Å². The molecule has 11 nitrogen and oxygen atoms in total. The molecule has 1 atom stereocenters. The van der Waals surface area contributed by atoms with Crippen molar-refractivity contribution in [3.05, 3.63) is 64.7 Å². The third kappa shape index (κ3) is 5.59. The lowest BCUT2D eigenvalue weighted by Gasteiger charge is -2.41. The summed E-state index contributed by atoms with van der Waals surface area (Å²) in [7, 11) is 3.12. The molecular weight excluding hydrogens is 543 g/mol. The SMILES string of the molecule is CN/C(=C(\C=N)C(=O)N1CC(OC)C1)c1cc(OC2CN(C(=O)N3N=CC[C@H]3c3cc(F)cc(F)c3)C2)c(F)cn1. The summed E-state index contributed by atoms with van der Waals surface area (Å²) >= 11 is 0. The van der Waals surface area contributed by atoms with Crippen LogP contribution >= 0.6 is 0 Å². The molecular formula is C27H28F3N7O4. The number of hydrazone groups is 1. The Morgan fingerprint density at radius 2 is 1.73 bits per heavy atom. The third-order valence-electron chi connectivity index (χ3n) is 7.15.